The van der Waals surface area contributed by atoms with Crippen molar-refractivity contribution in [2.24, 2.45) is 0 Å². The molecule has 0 bridgehead atoms. The van der Waals surface area contributed by atoms with Crippen LogP contribution in [-0.4, -0.2) is 4.57 Å². The van der Waals surface area contributed by atoms with Crippen LogP contribution in [0.15, 0.2) is 170 Å². The predicted octanol–water partition coefficient (Wildman–Crippen LogP) is 12.8. The maximum Gasteiger partial charge on any atom is 0.0758 e. The van der Waals surface area contributed by atoms with Crippen LogP contribution in [0.2, 0.25) is 0 Å². The lowest BCUT2D eigenvalue weighted by atomic mass is 9.94. The van der Waals surface area contributed by atoms with E-state index in [4.69, 9.17) is 0 Å². The van der Waals surface area contributed by atoms with Gasteiger partial charge in [0.15, 0.2) is 0 Å². The molecule has 0 aliphatic carbocycles. The molecule has 3 nitrogen and oxygen atoms in total. The third-order valence-electron chi connectivity index (χ3n) is 9.52. The average molecular weight is 672 g/mol. The number of nitriles is 1. The summed E-state index contributed by atoms with van der Waals surface area (Å²) in [6.07, 6.45) is 10.5. The molecule has 0 saturated carbocycles. The minimum absolute atomic E-state index is 0.261. The van der Waals surface area contributed by atoms with Crippen LogP contribution in [0.25, 0.3) is 61.2 Å². The second kappa shape index (κ2) is 15.1. The van der Waals surface area contributed by atoms with Crippen LogP contribution in [0.4, 0.5) is 11.4 Å². The molecule has 3 heteroatoms. The summed E-state index contributed by atoms with van der Waals surface area (Å²) in [5, 5.41) is 18.2. The molecular formula is C49H41N3. The maximum atomic E-state index is 9.76. The Morgan fingerprint density at radius 1 is 0.731 bits per heavy atom. The zero-order valence-electron chi connectivity index (χ0n) is 29.9. The van der Waals surface area contributed by atoms with Gasteiger partial charge in [-0.3, -0.25) is 0 Å². The molecule has 8 rings (SSSR count). The third kappa shape index (κ3) is 6.17. The summed E-state index contributed by atoms with van der Waals surface area (Å²) in [5.74, 6) is 0. The van der Waals surface area contributed by atoms with E-state index in [-0.39, 0.29) is 6.42 Å². The van der Waals surface area contributed by atoms with Gasteiger partial charge in [0.2, 0.25) is 0 Å². The number of hydrogen-bond donors (Lipinski definition) is 0. The Kier molecular flexibility index (Phi) is 9.82. The van der Waals surface area contributed by atoms with Crippen molar-refractivity contribution in [1.82, 2.24) is 4.57 Å². The second-order valence-corrected chi connectivity index (χ2v) is 12.5. The second-order valence-electron chi connectivity index (χ2n) is 12.5. The fourth-order valence-electron chi connectivity index (χ4n) is 7.37. The molecule has 252 valence electrons. The molecule has 0 fully saturated rings. The van der Waals surface area contributed by atoms with Crippen molar-refractivity contribution in [3.8, 4) is 11.8 Å². The van der Waals surface area contributed by atoms with Crippen molar-refractivity contribution >= 4 is 66.9 Å². The molecule has 52 heavy (non-hydrogen) atoms. The van der Waals surface area contributed by atoms with E-state index in [1.54, 1.807) is 6.08 Å². The zero-order chi connectivity index (χ0) is 36.0. The first kappa shape index (κ1) is 33.8. The van der Waals surface area contributed by atoms with Crippen LogP contribution in [-0.2, 0) is 0 Å². The summed E-state index contributed by atoms with van der Waals surface area (Å²) in [6.45, 7) is 10.1. The number of anilines is 2. The van der Waals surface area contributed by atoms with Gasteiger partial charge in [0, 0.05) is 33.2 Å². The van der Waals surface area contributed by atoms with Crippen LogP contribution in [0.3, 0.4) is 0 Å². The highest BCUT2D eigenvalue weighted by Gasteiger charge is 2.19. The predicted molar refractivity (Wildman–Crippen MR) is 224 cm³/mol. The highest BCUT2D eigenvalue weighted by molar-refractivity contribution is 6.16. The molecule has 1 heterocycles. The summed E-state index contributed by atoms with van der Waals surface area (Å²) < 4.78 is 2.36. The fourth-order valence-corrected chi connectivity index (χ4v) is 7.37. The lowest BCUT2D eigenvalue weighted by molar-refractivity contribution is 1.09. The van der Waals surface area contributed by atoms with Gasteiger partial charge in [-0.05, 0) is 88.0 Å². The van der Waals surface area contributed by atoms with Crippen LogP contribution in [0.5, 0.6) is 0 Å². The Labute approximate surface area is 306 Å². The molecule has 1 aromatic heterocycles. The molecule has 0 aliphatic rings. The highest BCUT2D eigenvalue weighted by atomic mass is 15.1. The van der Waals surface area contributed by atoms with Crippen molar-refractivity contribution in [3.63, 3.8) is 0 Å². The van der Waals surface area contributed by atoms with Gasteiger partial charge in [0.1, 0.15) is 0 Å². The number of aryl methyl sites for hydroxylation is 1. The van der Waals surface area contributed by atoms with E-state index in [1.165, 1.54) is 43.5 Å². The molecule has 0 aliphatic heterocycles. The Morgan fingerprint density at radius 3 is 2.13 bits per heavy atom. The molecule has 8 aromatic rings. The minimum Gasteiger partial charge on any atom is -0.313 e. The van der Waals surface area contributed by atoms with E-state index in [0.29, 0.717) is 0 Å². The summed E-state index contributed by atoms with van der Waals surface area (Å²) in [4.78, 5) is 2.19. The molecule has 0 saturated heterocycles. The van der Waals surface area contributed by atoms with E-state index in [1.807, 2.05) is 38.1 Å². The van der Waals surface area contributed by atoms with Gasteiger partial charge in [-0.1, -0.05) is 142 Å². The molecule has 0 radical (unpaired) electrons. The minimum atomic E-state index is 0.261. The van der Waals surface area contributed by atoms with Crippen molar-refractivity contribution < 1.29 is 0 Å². The van der Waals surface area contributed by atoms with E-state index in [0.717, 1.165) is 38.9 Å². The summed E-state index contributed by atoms with van der Waals surface area (Å²) in [6, 6.07) is 51.8. The summed E-state index contributed by atoms with van der Waals surface area (Å²) >= 11 is 0. The van der Waals surface area contributed by atoms with Gasteiger partial charge in [-0.25, -0.2) is 0 Å². The molecular weight excluding hydrogens is 631 g/mol. The first-order valence-electron chi connectivity index (χ1n) is 17.9. The summed E-state index contributed by atoms with van der Waals surface area (Å²) in [7, 11) is 0. The van der Waals surface area contributed by atoms with E-state index in [2.05, 4.69) is 169 Å². The van der Waals surface area contributed by atoms with E-state index >= 15 is 0 Å². The lowest BCUT2D eigenvalue weighted by Gasteiger charge is -2.28. The quantitative estimate of drug-likeness (QED) is 0.151. The number of benzene rings is 7. The number of allylic oxidation sites excluding steroid dienone is 4. The van der Waals surface area contributed by atoms with Gasteiger partial charge < -0.3 is 9.47 Å². The summed E-state index contributed by atoms with van der Waals surface area (Å²) in [5.41, 5.74) is 8.82. The Morgan fingerprint density at radius 2 is 1.42 bits per heavy atom. The van der Waals surface area contributed by atoms with Crippen LogP contribution in [0, 0.1) is 18.3 Å². The fraction of sp³-hybridized carbons (Fsp3) is 0.0816. The van der Waals surface area contributed by atoms with Gasteiger partial charge in [-0.15, -0.1) is 0 Å². The highest BCUT2D eigenvalue weighted by Crippen LogP contribution is 2.40. The number of fused-ring (bicyclic) bond motifs is 3. The normalized spacial score (nSPS) is 12.0. The maximum absolute atomic E-state index is 9.76. The average Bonchev–Trinajstić information content (AvgIpc) is 3.53. The Bertz CT molecular complexity index is 2670. The zero-order valence-corrected chi connectivity index (χ0v) is 29.9. The van der Waals surface area contributed by atoms with Crippen molar-refractivity contribution in [1.29, 1.82) is 5.26 Å². The van der Waals surface area contributed by atoms with Crippen molar-refractivity contribution in [2.75, 3.05) is 4.90 Å². The van der Waals surface area contributed by atoms with Crippen LogP contribution < -0.4 is 10.1 Å². The Balaban J connectivity index is 0.00000207. The molecule has 0 spiro atoms. The number of aromatic nitrogens is 1. The Hall–Kier alpha value is -6.63. The molecule has 0 N–H and O–H groups in total. The smallest absolute Gasteiger partial charge is 0.0758 e. The van der Waals surface area contributed by atoms with Gasteiger partial charge >= 0.3 is 0 Å². The largest absolute Gasteiger partial charge is 0.313 e. The number of para-hydroxylation sites is 3. The van der Waals surface area contributed by atoms with Crippen molar-refractivity contribution in [3.05, 3.63) is 186 Å². The topological polar surface area (TPSA) is 32.0 Å². The van der Waals surface area contributed by atoms with Gasteiger partial charge in [0.25, 0.3) is 0 Å². The molecule has 0 amide bonds. The first-order valence-corrected chi connectivity index (χ1v) is 17.9. The SMILES string of the molecule is C=C/C=C(\CC#N)N(c1ccccc1)c1ccc2ccc(C)c3/c(=C\C=C\c4cccc(-n5c6ccccc6c6ccccc65)c4)ccc1c23.CC. The van der Waals surface area contributed by atoms with E-state index in [9.17, 15) is 5.26 Å². The molecule has 0 unspecified atom stereocenters. The molecule has 7 aromatic carbocycles. The number of nitrogens with zero attached hydrogens (tertiary/aromatic N) is 3. The van der Waals surface area contributed by atoms with Crippen LogP contribution in [0.1, 0.15) is 31.4 Å². The first-order chi connectivity index (χ1) is 25.7. The standard InChI is InChI=1S/C47H35N3.C2H6/c1-3-13-37(30-31-48)49(38-17-5-4-6-18-38)45-29-27-36-25-24-33(2)46-35(26-28-42(45)47(36)46)16-11-14-34-15-12-19-39(32-34)50-43-22-9-7-20-40(43)41-21-8-10-23-44(41)50;1-2/h3-29,32H,1,30H2,2H3;1-2H3/b14-11+,35-16-,37-13+;. The van der Waals surface area contributed by atoms with Gasteiger partial charge in [0.05, 0.1) is 29.2 Å². The third-order valence-corrected chi connectivity index (χ3v) is 9.52. The van der Waals surface area contributed by atoms with Crippen molar-refractivity contribution in [2.45, 2.75) is 27.2 Å². The van der Waals surface area contributed by atoms with Crippen LogP contribution >= 0.6 is 0 Å². The number of rotatable bonds is 8. The van der Waals surface area contributed by atoms with Gasteiger partial charge in [-0.2, -0.15) is 5.26 Å². The number of hydrogen-bond acceptors (Lipinski definition) is 2. The monoisotopic (exact) mass is 671 g/mol. The van der Waals surface area contributed by atoms with E-state index < -0.39 is 0 Å². The molecule has 0 atom stereocenters. The lowest BCUT2D eigenvalue weighted by Crippen LogP contribution is -2.17.